The van der Waals surface area contributed by atoms with E-state index in [0.29, 0.717) is 24.3 Å². The molecular formula is C49H58N10O4. The Hall–Kier alpha value is -5.86. The molecule has 0 spiro atoms. The lowest BCUT2D eigenvalue weighted by Gasteiger charge is -2.38. The molecule has 0 bridgehead atoms. The van der Waals surface area contributed by atoms with E-state index in [-0.39, 0.29) is 30.2 Å². The van der Waals surface area contributed by atoms with E-state index in [4.69, 9.17) is 15.6 Å². The van der Waals surface area contributed by atoms with E-state index >= 15 is 0 Å². The summed E-state index contributed by atoms with van der Waals surface area (Å²) in [7, 11) is 0. The maximum Gasteiger partial charge on any atom is 0.255 e. The highest BCUT2D eigenvalue weighted by molar-refractivity contribution is 6.05. The number of likely N-dealkylation sites (tertiary alicyclic amines) is 2. The van der Waals surface area contributed by atoms with Crippen LogP contribution in [0.15, 0.2) is 79.1 Å². The summed E-state index contributed by atoms with van der Waals surface area (Å²) in [6.07, 6.45) is 11.7. The summed E-state index contributed by atoms with van der Waals surface area (Å²) >= 11 is 0. The number of hydrogen-bond acceptors (Lipinski definition) is 11. The number of benzene rings is 3. The summed E-state index contributed by atoms with van der Waals surface area (Å²) in [5.74, 6) is 2.77. The van der Waals surface area contributed by atoms with E-state index in [1.807, 2.05) is 60.7 Å². The molecule has 7 heterocycles. The molecule has 5 aliphatic heterocycles. The Labute approximate surface area is 368 Å². The van der Waals surface area contributed by atoms with Crippen molar-refractivity contribution in [2.24, 2.45) is 11.8 Å². The fourth-order valence-corrected chi connectivity index (χ4v) is 10.7. The number of carbonyl (C=O) groups is 3. The number of nitrogen functional groups attached to an aromatic ring is 1. The zero-order valence-electron chi connectivity index (χ0n) is 36.0. The first-order valence-electron chi connectivity index (χ1n) is 23.1. The SMILES string of the molecule is Nc1ncnc2c1c(-c1ccc(Oc3ccccc3)cc1)nn2C1CCN(CC2CCN(CCCC3CCN(c4ccc5c(c4)CN(C4CCC(=O)NC4=O)C5=O)CC3)CC2)CC1. The van der Waals surface area contributed by atoms with Gasteiger partial charge in [-0.3, -0.25) is 19.7 Å². The van der Waals surface area contributed by atoms with Gasteiger partial charge in [0.15, 0.2) is 5.65 Å². The maximum atomic E-state index is 13.2. The lowest BCUT2D eigenvalue weighted by Crippen LogP contribution is -2.52. The van der Waals surface area contributed by atoms with Gasteiger partial charge in [-0.25, -0.2) is 14.6 Å². The fourth-order valence-electron chi connectivity index (χ4n) is 10.7. The van der Waals surface area contributed by atoms with Crippen LogP contribution in [-0.4, -0.2) is 111 Å². The molecule has 3 amide bonds. The van der Waals surface area contributed by atoms with Crippen LogP contribution in [-0.2, 0) is 16.1 Å². The largest absolute Gasteiger partial charge is 0.457 e. The first-order chi connectivity index (χ1) is 30.8. The Balaban J connectivity index is 0.646. The van der Waals surface area contributed by atoms with Crippen molar-refractivity contribution in [2.75, 3.05) is 63.0 Å². The van der Waals surface area contributed by atoms with Gasteiger partial charge in [0.2, 0.25) is 11.8 Å². The highest BCUT2D eigenvalue weighted by Gasteiger charge is 2.39. The van der Waals surface area contributed by atoms with E-state index in [2.05, 4.69) is 46.8 Å². The molecule has 63 heavy (non-hydrogen) atoms. The van der Waals surface area contributed by atoms with Gasteiger partial charge >= 0.3 is 0 Å². The number of piperidine rings is 4. The first-order valence-corrected chi connectivity index (χ1v) is 23.1. The Bertz CT molecular complexity index is 2430. The van der Waals surface area contributed by atoms with Gasteiger partial charge in [-0.05, 0) is 149 Å². The molecule has 0 saturated carbocycles. The van der Waals surface area contributed by atoms with Crippen LogP contribution in [0.5, 0.6) is 11.5 Å². The van der Waals surface area contributed by atoms with Crippen LogP contribution >= 0.6 is 0 Å². The van der Waals surface area contributed by atoms with Crippen LogP contribution < -0.4 is 20.7 Å². The highest BCUT2D eigenvalue weighted by Crippen LogP contribution is 2.37. The number of aromatic nitrogens is 4. The minimum absolute atomic E-state index is 0.113. The number of amides is 3. The van der Waals surface area contributed by atoms with Gasteiger partial charge in [-0.1, -0.05) is 18.2 Å². The van der Waals surface area contributed by atoms with Crippen LogP contribution in [0.2, 0.25) is 0 Å². The van der Waals surface area contributed by atoms with Gasteiger partial charge in [-0.15, -0.1) is 0 Å². The molecule has 14 nitrogen and oxygen atoms in total. The van der Waals surface area contributed by atoms with E-state index in [1.165, 1.54) is 64.7 Å². The van der Waals surface area contributed by atoms with E-state index in [0.717, 1.165) is 95.9 Å². The van der Waals surface area contributed by atoms with Crippen molar-refractivity contribution in [1.29, 1.82) is 0 Å². The summed E-state index contributed by atoms with van der Waals surface area (Å²) in [6.45, 7) is 9.36. The molecule has 5 aliphatic rings. The zero-order valence-corrected chi connectivity index (χ0v) is 36.0. The third kappa shape index (κ3) is 8.88. The molecule has 3 N–H and O–H groups in total. The number of carbonyl (C=O) groups excluding carboxylic acids is 3. The smallest absolute Gasteiger partial charge is 0.255 e. The van der Waals surface area contributed by atoms with Crippen molar-refractivity contribution in [3.05, 3.63) is 90.3 Å². The van der Waals surface area contributed by atoms with Crippen molar-refractivity contribution in [1.82, 2.24) is 39.8 Å². The molecule has 1 atom stereocenters. The van der Waals surface area contributed by atoms with Gasteiger partial charge in [0.1, 0.15) is 35.4 Å². The Morgan fingerprint density at radius 1 is 0.762 bits per heavy atom. The van der Waals surface area contributed by atoms with Crippen LogP contribution in [0, 0.1) is 11.8 Å². The van der Waals surface area contributed by atoms with Crippen LogP contribution in [0.25, 0.3) is 22.3 Å². The number of para-hydroxylation sites is 1. The minimum Gasteiger partial charge on any atom is -0.457 e. The van der Waals surface area contributed by atoms with Crippen LogP contribution in [0.1, 0.15) is 86.2 Å². The van der Waals surface area contributed by atoms with E-state index in [9.17, 15) is 14.4 Å². The number of nitrogens with one attached hydrogen (secondary N) is 1. The minimum atomic E-state index is -0.579. The molecule has 5 aromatic rings. The second kappa shape index (κ2) is 18.1. The quantitative estimate of drug-likeness (QED) is 0.129. The molecule has 0 aliphatic carbocycles. The topological polar surface area (TPSA) is 155 Å². The number of anilines is 2. The summed E-state index contributed by atoms with van der Waals surface area (Å²) < 4.78 is 8.13. The van der Waals surface area contributed by atoms with E-state index < -0.39 is 6.04 Å². The Morgan fingerprint density at radius 2 is 1.49 bits per heavy atom. The molecule has 3 aromatic carbocycles. The molecule has 1 unspecified atom stereocenters. The maximum absolute atomic E-state index is 13.2. The average molecular weight is 851 g/mol. The monoisotopic (exact) mass is 850 g/mol. The predicted molar refractivity (Wildman–Crippen MR) is 242 cm³/mol. The first kappa shape index (κ1) is 41.2. The number of nitrogens with two attached hydrogens (primary N) is 1. The van der Waals surface area contributed by atoms with Gasteiger partial charge in [0.25, 0.3) is 5.91 Å². The number of fused-ring (bicyclic) bond motifs is 2. The van der Waals surface area contributed by atoms with Crippen LogP contribution in [0.3, 0.4) is 0 Å². The fraction of sp³-hybridized carbons (Fsp3) is 0.469. The second-order valence-corrected chi connectivity index (χ2v) is 18.3. The Kier molecular flexibility index (Phi) is 11.8. The molecule has 4 fully saturated rings. The van der Waals surface area contributed by atoms with Crippen molar-refractivity contribution < 1.29 is 19.1 Å². The number of imide groups is 1. The van der Waals surface area contributed by atoms with Crippen LogP contribution in [0.4, 0.5) is 11.5 Å². The van der Waals surface area contributed by atoms with Crippen molar-refractivity contribution >= 4 is 40.3 Å². The van der Waals surface area contributed by atoms with Gasteiger partial charge in [0.05, 0.1) is 11.4 Å². The molecule has 0 radical (unpaired) electrons. The Morgan fingerprint density at radius 3 is 2.25 bits per heavy atom. The summed E-state index contributed by atoms with van der Waals surface area (Å²) in [4.78, 5) is 55.7. The lowest BCUT2D eigenvalue weighted by molar-refractivity contribution is -0.136. The molecule has 14 heteroatoms. The molecular weight excluding hydrogens is 793 g/mol. The number of ether oxygens (including phenoxy) is 1. The third-order valence-corrected chi connectivity index (χ3v) is 14.3. The summed E-state index contributed by atoms with van der Waals surface area (Å²) in [5.41, 5.74) is 11.8. The van der Waals surface area contributed by atoms with E-state index in [1.54, 1.807) is 11.2 Å². The van der Waals surface area contributed by atoms with Gasteiger partial charge in [-0.2, -0.15) is 5.10 Å². The standard InChI is InChI=1S/C49H58N10O4/c50-46-44-45(35-8-11-40(12-9-35)63-39-6-2-1-3-7-39)54-59(47(44)52-32-51-46)37-20-25-56(26-21-37)30-34-16-23-55(24-17-34)22-4-5-33-18-27-57(28-19-33)38-10-13-41-36(29-38)31-58(49(41)62)42-14-15-43(60)53-48(42)61/h1-3,6-13,29,32-34,37,42H,4-5,14-28,30-31H2,(H2,50,51,52)(H,53,60,61). The zero-order chi connectivity index (χ0) is 42.9. The molecule has 2 aromatic heterocycles. The third-order valence-electron chi connectivity index (χ3n) is 14.3. The van der Waals surface area contributed by atoms with Crippen molar-refractivity contribution in [2.45, 2.75) is 82.8 Å². The summed E-state index contributed by atoms with van der Waals surface area (Å²) in [6, 6.07) is 23.6. The van der Waals surface area contributed by atoms with Gasteiger partial charge < -0.3 is 30.1 Å². The second-order valence-electron chi connectivity index (χ2n) is 18.3. The normalized spacial score (nSPS) is 21.0. The van der Waals surface area contributed by atoms with Gasteiger partial charge in [0, 0.05) is 62.5 Å². The van der Waals surface area contributed by atoms with Crippen molar-refractivity contribution in [3.63, 3.8) is 0 Å². The molecule has 4 saturated heterocycles. The highest BCUT2D eigenvalue weighted by atomic mass is 16.5. The lowest BCUT2D eigenvalue weighted by atomic mass is 9.91. The predicted octanol–water partition coefficient (Wildman–Crippen LogP) is 6.67. The average Bonchev–Trinajstić information content (AvgIpc) is 3.86. The molecule has 328 valence electrons. The number of hydrogen-bond donors (Lipinski definition) is 2. The van der Waals surface area contributed by atoms with Crippen molar-refractivity contribution in [3.8, 4) is 22.8 Å². The molecule has 10 rings (SSSR count). The summed E-state index contributed by atoms with van der Waals surface area (Å²) in [5, 5.41) is 8.35. The number of rotatable bonds is 12. The number of nitrogens with zero attached hydrogens (tertiary/aromatic N) is 8.